The van der Waals surface area contributed by atoms with Crippen molar-refractivity contribution in [1.82, 2.24) is 10.6 Å². The van der Waals surface area contributed by atoms with Crippen LogP contribution in [-0.4, -0.2) is 35.9 Å². The summed E-state index contributed by atoms with van der Waals surface area (Å²) in [5.74, 6) is 0. The summed E-state index contributed by atoms with van der Waals surface area (Å²) in [7, 11) is 3.36. The summed E-state index contributed by atoms with van der Waals surface area (Å²) in [6.45, 7) is 0. The molecule has 149 valence electrons. The third kappa shape index (κ3) is 6.90. The van der Waals surface area contributed by atoms with E-state index in [0.29, 0.717) is 17.1 Å². The van der Waals surface area contributed by atoms with Gasteiger partial charge >= 0.3 is 17.1 Å². The van der Waals surface area contributed by atoms with Crippen LogP contribution in [0, 0.1) is 0 Å². The molecule has 0 unspecified atom stereocenters. The average molecular weight is 461 g/mol. The third-order valence-corrected chi connectivity index (χ3v) is 3.94. The van der Waals surface area contributed by atoms with E-state index >= 15 is 0 Å². The zero-order chi connectivity index (χ0) is 19.6. The SMILES string of the molecule is CNC([S-])=NN=C(C(=NN=C([S-])NC)c1ccc(N)cc1)c1ccccc1.[Cu+2]. The van der Waals surface area contributed by atoms with Gasteiger partial charge in [-0.1, -0.05) is 42.5 Å². The van der Waals surface area contributed by atoms with Gasteiger partial charge in [0.15, 0.2) is 0 Å². The van der Waals surface area contributed by atoms with Gasteiger partial charge in [-0.15, -0.1) is 10.2 Å². The zero-order valence-electron chi connectivity index (χ0n) is 15.2. The molecular formula is C18H19CuN7S2. The smallest absolute Gasteiger partial charge is 0.741 e. The van der Waals surface area contributed by atoms with Crippen molar-refractivity contribution in [3.63, 3.8) is 0 Å². The minimum Gasteiger partial charge on any atom is -0.741 e. The molecule has 0 aliphatic heterocycles. The van der Waals surface area contributed by atoms with Gasteiger partial charge in [0.25, 0.3) is 0 Å². The van der Waals surface area contributed by atoms with E-state index in [0.717, 1.165) is 11.1 Å². The number of nitrogens with two attached hydrogens (primary N) is 1. The zero-order valence-corrected chi connectivity index (χ0v) is 17.8. The Kier molecular flexibility index (Phi) is 10.1. The molecule has 10 heteroatoms. The molecule has 0 aliphatic rings. The van der Waals surface area contributed by atoms with Crippen molar-refractivity contribution in [2.75, 3.05) is 19.8 Å². The van der Waals surface area contributed by atoms with Crippen LogP contribution in [0.4, 0.5) is 5.69 Å². The maximum atomic E-state index is 5.81. The maximum absolute atomic E-state index is 5.81. The first-order chi connectivity index (χ1) is 13.0. The predicted octanol–water partition coefficient (Wildman–Crippen LogP) is 1.62. The molecule has 0 saturated heterocycles. The van der Waals surface area contributed by atoms with E-state index < -0.39 is 0 Å². The minimum atomic E-state index is 0. The maximum Gasteiger partial charge on any atom is 2.00 e. The van der Waals surface area contributed by atoms with Crippen LogP contribution in [0.15, 0.2) is 75.0 Å². The van der Waals surface area contributed by atoms with Gasteiger partial charge in [0, 0.05) is 30.9 Å². The fourth-order valence-electron chi connectivity index (χ4n) is 2.01. The van der Waals surface area contributed by atoms with Crippen LogP contribution in [-0.2, 0) is 42.3 Å². The van der Waals surface area contributed by atoms with Crippen LogP contribution in [0.5, 0.6) is 0 Å². The molecule has 28 heavy (non-hydrogen) atoms. The van der Waals surface area contributed by atoms with Crippen LogP contribution in [0.1, 0.15) is 11.1 Å². The number of hydrogen-bond donors (Lipinski definition) is 3. The number of amidine groups is 2. The van der Waals surface area contributed by atoms with E-state index in [2.05, 4.69) is 31.0 Å². The second-order valence-electron chi connectivity index (χ2n) is 5.20. The molecule has 0 atom stereocenters. The molecule has 2 rings (SSSR count). The van der Waals surface area contributed by atoms with E-state index in [1.165, 1.54) is 0 Å². The quantitative estimate of drug-likeness (QED) is 0.157. The summed E-state index contributed by atoms with van der Waals surface area (Å²) in [4.78, 5) is 0. The fourth-order valence-corrected chi connectivity index (χ4v) is 2.09. The predicted molar refractivity (Wildman–Crippen MR) is 118 cm³/mol. The summed E-state index contributed by atoms with van der Waals surface area (Å²) < 4.78 is 0. The Bertz CT molecular complexity index is 879. The molecule has 0 saturated carbocycles. The summed E-state index contributed by atoms with van der Waals surface area (Å²) in [6, 6.07) is 16.7. The molecule has 0 amide bonds. The second-order valence-corrected chi connectivity index (χ2v) is 5.97. The van der Waals surface area contributed by atoms with Gasteiger partial charge in [0.2, 0.25) is 0 Å². The first-order valence-corrected chi connectivity index (χ1v) is 8.79. The van der Waals surface area contributed by atoms with E-state index in [-0.39, 0.29) is 27.4 Å². The van der Waals surface area contributed by atoms with Crippen molar-refractivity contribution in [3.05, 3.63) is 65.7 Å². The van der Waals surface area contributed by atoms with Crippen LogP contribution in [0.3, 0.4) is 0 Å². The Balaban J connectivity index is 0.00000392. The largest absolute Gasteiger partial charge is 2.00 e. The van der Waals surface area contributed by atoms with E-state index in [9.17, 15) is 0 Å². The first kappa shape index (κ1) is 23.5. The van der Waals surface area contributed by atoms with Gasteiger partial charge in [-0.25, -0.2) is 0 Å². The van der Waals surface area contributed by atoms with Crippen molar-refractivity contribution in [2.45, 2.75) is 0 Å². The monoisotopic (exact) mass is 460 g/mol. The molecule has 0 aromatic heterocycles. The molecule has 1 radical (unpaired) electrons. The van der Waals surface area contributed by atoms with Gasteiger partial charge in [-0.05, 0) is 22.5 Å². The van der Waals surface area contributed by atoms with Crippen LogP contribution in [0.2, 0.25) is 0 Å². The van der Waals surface area contributed by atoms with E-state index in [1.54, 1.807) is 26.2 Å². The van der Waals surface area contributed by atoms with Crippen molar-refractivity contribution >= 4 is 52.7 Å². The molecule has 0 fully saturated rings. The topological polar surface area (TPSA) is 99.5 Å². The minimum absolute atomic E-state index is 0. The number of rotatable bonds is 5. The first-order valence-electron chi connectivity index (χ1n) is 7.97. The van der Waals surface area contributed by atoms with Crippen molar-refractivity contribution in [3.8, 4) is 0 Å². The van der Waals surface area contributed by atoms with Crippen molar-refractivity contribution < 1.29 is 17.1 Å². The molecule has 2 aromatic carbocycles. The van der Waals surface area contributed by atoms with Crippen LogP contribution >= 0.6 is 0 Å². The van der Waals surface area contributed by atoms with Gasteiger partial charge in [0.05, 0.1) is 0 Å². The van der Waals surface area contributed by atoms with Gasteiger partial charge < -0.3 is 41.6 Å². The molecular weight excluding hydrogens is 442 g/mol. The van der Waals surface area contributed by atoms with Gasteiger partial charge in [-0.3, -0.25) is 0 Å². The summed E-state index contributed by atoms with van der Waals surface area (Å²) in [5.41, 5.74) is 9.00. The normalized spacial score (nSPS) is 12.9. The molecule has 4 N–H and O–H groups in total. The Labute approximate surface area is 186 Å². The number of nitrogens with one attached hydrogen (secondary N) is 2. The second kappa shape index (κ2) is 12.0. The van der Waals surface area contributed by atoms with Crippen LogP contribution in [0.25, 0.3) is 0 Å². The standard InChI is InChI=1S/C18H21N7S2.Cu/c1-20-17(26)24-22-15(12-6-4-3-5-7-12)16(23-25-18(27)21-2)13-8-10-14(19)11-9-13;/h3-11H,19H2,1-2H3,(H2,20,24,26)(H2,21,25,27);/q;+2/p-2. The molecule has 0 spiro atoms. The Morgan fingerprint density at radius 1 is 0.714 bits per heavy atom. The third-order valence-electron chi connectivity index (χ3n) is 3.37. The Morgan fingerprint density at radius 2 is 1.14 bits per heavy atom. The van der Waals surface area contributed by atoms with Crippen molar-refractivity contribution in [2.24, 2.45) is 20.4 Å². The van der Waals surface area contributed by atoms with Crippen LogP contribution < -0.4 is 16.4 Å². The summed E-state index contributed by atoms with van der Waals surface area (Å²) in [6.07, 6.45) is 0. The van der Waals surface area contributed by atoms with Gasteiger partial charge in [-0.2, -0.15) is 10.2 Å². The number of nitrogens with zero attached hydrogens (tertiary/aromatic N) is 4. The van der Waals surface area contributed by atoms with Crippen molar-refractivity contribution in [1.29, 1.82) is 0 Å². The molecule has 0 bridgehead atoms. The number of benzene rings is 2. The molecule has 0 aliphatic carbocycles. The van der Waals surface area contributed by atoms with E-state index in [4.69, 9.17) is 31.0 Å². The summed E-state index contributed by atoms with van der Waals surface area (Å²) in [5, 5.41) is 22.7. The average Bonchev–Trinajstić information content (AvgIpc) is 2.71. The van der Waals surface area contributed by atoms with E-state index in [1.807, 2.05) is 42.5 Å². The number of anilines is 1. The molecule has 2 aromatic rings. The number of hydrogen-bond acceptors (Lipinski definition) is 7. The van der Waals surface area contributed by atoms with Gasteiger partial charge in [0.1, 0.15) is 11.4 Å². The number of nitrogen functional groups attached to an aromatic ring is 1. The Morgan fingerprint density at radius 3 is 1.57 bits per heavy atom. The summed E-state index contributed by atoms with van der Waals surface area (Å²) >= 11 is 10.1. The Hall–Kier alpha value is -2.52. The fraction of sp³-hybridized carbons (Fsp3) is 0.111. The molecule has 7 nitrogen and oxygen atoms in total. The molecule has 0 heterocycles.